The minimum atomic E-state index is 0.557. The summed E-state index contributed by atoms with van der Waals surface area (Å²) in [5.74, 6) is 2.47. The number of rotatable bonds is 8. The van der Waals surface area contributed by atoms with Crippen molar-refractivity contribution in [3.05, 3.63) is 46.3 Å². The van der Waals surface area contributed by atoms with Gasteiger partial charge in [-0.15, -0.1) is 11.3 Å². The maximum atomic E-state index is 4.68. The van der Waals surface area contributed by atoms with Gasteiger partial charge in [-0.2, -0.15) is 0 Å². The van der Waals surface area contributed by atoms with Crippen LogP contribution in [-0.4, -0.2) is 62.2 Å². The van der Waals surface area contributed by atoms with Gasteiger partial charge < -0.3 is 20.4 Å². The molecule has 1 aliphatic heterocycles. The van der Waals surface area contributed by atoms with Crippen LogP contribution < -0.4 is 15.5 Å². The predicted molar refractivity (Wildman–Crippen MR) is 124 cm³/mol. The summed E-state index contributed by atoms with van der Waals surface area (Å²) in [6, 6.07) is 8.62. The average Bonchev–Trinajstić information content (AvgIpc) is 3.27. The molecule has 3 rings (SSSR count). The summed E-state index contributed by atoms with van der Waals surface area (Å²) < 4.78 is 0. The number of guanidine groups is 1. The van der Waals surface area contributed by atoms with Gasteiger partial charge in [-0.1, -0.05) is 26.0 Å². The second kappa shape index (κ2) is 11.2. The maximum Gasteiger partial charge on any atom is 0.191 e. The fourth-order valence-electron chi connectivity index (χ4n) is 3.52. The van der Waals surface area contributed by atoms with Crippen LogP contribution in [0.15, 0.2) is 40.8 Å². The van der Waals surface area contributed by atoms with Gasteiger partial charge in [-0.05, 0) is 42.0 Å². The van der Waals surface area contributed by atoms with Gasteiger partial charge >= 0.3 is 0 Å². The first-order valence-corrected chi connectivity index (χ1v) is 11.4. The molecule has 7 heteroatoms. The van der Waals surface area contributed by atoms with Crippen molar-refractivity contribution in [2.75, 3.05) is 51.2 Å². The van der Waals surface area contributed by atoms with E-state index in [4.69, 9.17) is 0 Å². The molecule has 0 bridgehead atoms. The zero-order chi connectivity index (χ0) is 20.5. The number of likely N-dealkylation sites (N-methyl/N-ethyl adjacent to an activating group) is 1. The fourth-order valence-corrected chi connectivity index (χ4v) is 4.39. The molecule has 0 aromatic carbocycles. The van der Waals surface area contributed by atoms with E-state index in [1.807, 2.05) is 24.6 Å². The van der Waals surface area contributed by atoms with E-state index in [0.29, 0.717) is 5.92 Å². The van der Waals surface area contributed by atoms with Crippen LogP contribution in [0.3, 0.4) is 0 Å². The van der Waals surface area contributed by atoms with Crippen molar-refractivity contribution >= 4 is 23.1 Å². The molecule has 29 heavy (non-hydrogen) atoms. The molecular formula is C22H34N6S. The Balaban J connectivity index is 1.41. The molecule has 0 spiro atoms. The summed E-state index contributed by atoms with van der Waals surface area (Å²) in [5, 5.41) is 8.97. The standard InChI is InChI=1S/C22H34N6S/c1-4-27-9-11-28(12-10-27)21-8-7-19(16-24-21)17-26-22(23-3)25-15-18(2)14-20-6-5-13-29-20/h5-8,13,16,18H,4,9-12,14-15,17H2,1-3H3,(H2,23,25,26). The van der Waals surface area contributed by atoms with Crippen LogP contribution in [0.25, 0.3) is 0 Å². The van der Waals surface area contributed by atoms with Crippen LogP contribution in [0.1, 0.15) is 24.3 Å². The molecule has 1 atom stereocenters. The number of hydrogen-bond acceptors (Lipinski definition) is 5. The van der Waals surface area contributed by atoms with E-state index in [1.165, 1.54) is 4.88 Å². The highest BCUT2D eigenvalue weighted by Crippen LogP contribution is 2.15. The molecule has 0 saturated carbocycles. The molecule has 1 fully saturated rings. The van der Waals surface area contributed by atoms with Crippen molar-refractivity contribution in [2.24, 2.45) is 10.9 Å². The maximum absolute atomic E-state index is 4.68. The molecule has 2 aromatic heterocycles. The summed E-state index contributed by atoms with van der Waals surface area (Å²) in [6.45, 7) is 11.6. The van der Waals surface area contributed by atoms with Gasteiger partial charge in [-0.25, -0.2) is 4.98 Å². The topological polar surface area (TPSA) is 55.8 Å². The largest absolute Gasteiger partial charge is 0.356 e. The van der Waals surface area contributed by atoms with Crippen molar-refractivity contribution < 1.29 is 0 Å². The highest BCUT2D eigenvalue weighted by Gasteiger charge is 2.16. The minimum Gasteiger partial charge on any atom is -0.356 e. The van der Waals surface area contributed by atoms with E-state index in [0.717, 1.165) is 69.6 Å². The van der Waals surface area contributed by atoms with Crippen LogP contribution in [0.2, 0.25) is 0 Å². The van der Waals surface area contributed by atoms with Crippen molar-refractivity contribution in [1.82, 2.24) is 20.5 Å². The van der Waals surface area contributed by atoms with Gasteiger partial charge in [-0.3, -0.25) is 4.99 Å². The van der Waals surface area contributed by atoms with Crippen LogP contribution in [0.4, 0.5) is 5.82 Å². The first kappa shape index (κ1) is 21.6. The van der Waals surface area contributed by atoms with E-state index >= 15 is 0 Å². The van der Waals surface area contributed by atoms with Crippen LogP contribution in [0.5, 0.6) is 0 Å². The monoisotopic (exact) mass is 414 g/mol. The van der Waals surface area contributed by atoms with Gasteiger partial charge in [0.15, 0.2) is 5.96 Å². The lowest BCUT2D eigenvalue weighted by molar-refractivity contribution is 0.270. The number of pyridine rings is 1. The number of hydrogen-bond donors (Lipinski definition) is 2. The van der Waals surface area contributed by atoms with Crippen LogP contribution >= 0.6 is 11.3 Å². The Kier molecular flexibility index (Phi) is 8.31. The molecule has 2 N–H and O–H groups in total. The zero-order valence-electron chi connectivity index (χ0n) is 17.9. The Morgan fingerprint density at radius 2 is 2.03 bits per heavy atom. The molecule has 1 saturated heterocycles. The summed E-state index contributed by atoms with van der Waals surface area (Å²) in [6.07, 6.45) is 3.07. The first-order valence-electron chi connectivity index (χ1n) is 10.6. The van der Waals surface area contributed by atoms with Gasteiger partial charge in [0.1, 0.15) is 5.82 Å². The van der Waals surface area contributed by atoms with Crippen molar-refractivity contribution in [3.63, 3.8) is 0 Å². The van der Waals surface area contributed by atoms with E-state index in [9.17, 15) is 0 Å². The second-order valence-electron chi connectivity index (χ2n) is 7.64. The number of thiophene rings is 1. The first-order chi connectivity index (χ1) is 14.2. The lowest BCUT2D eigenvalue weighted by Gasteiger charge is -2.34. The molecule has 158 valence electrons. The Hall–Kier alpha value is -2.12. The molecule has 1 aliphatic rings. The summed E-state index contributed by atoms with van der Waals surface area (Å²) >= 11 is 1.82. The average molecular weight is 415 g/mol. The summed E-state index contributed by atoms with van der Waals surface area (Å²) in [4.78, 5) is 15.3. The normalized spacial score (nSPS) is 16.7. The third kappa shape index (κ3) is 6.72. The van der Waals surface area contributed by atoms with E-state index < -0.39 is 0 Å². The van der Waals surface area contributed by atoms with Crippen LogP contribution in [0, 0.1) is 5.92 Å². The van der Waals surface area contributed by atoms with Crippen molar-refractivity contribution in [3.8, 4) is 0 Å². The Morgan fingerprint density at radius 1 is 1.21 bits per heavy atom. The fraction of sp³-hybridized carbons (Fsp3) is 0.545. The van der Waals surface area contributed by atoms with Crippen molar-refractivity contribution in [2.45, 2.75) is 26.8 Å². The van der Waals surface area contributed by atoms with Crippen LogP contribution in [-0.2, 0) is 13.0 Å². The molecule has 0 aliphatic carbocycles. The Labute approximate surface area is 179 Å². The summed E-state index contributed by atoms with van der Waals surface area (Å²) in [5.41, 5.74) is 1.16. The number of nitrogens with zero attached hydrogens (tertiary/aromatic N) is 4. The predicted octanol–water partition coefficient (Wildman–Crippen LogP) is 2.83. The second-order valence-corrected chi connectivity index (χ2v) is 8.67. The zero-order valence-corrected chi connectivity index (χ0v) is 18.7. The highest BCUT2D eigenvalue weighted by molar-refractivity contribution is 7.09. The third-order valence-electron chi connectivity index (χ3n) is 5.38. The number of piperazine rings is 1. The van der Waals surface area contributed by atoms with Crippen molar-refractivity contribution in [1.29, 1.82) is 0 Å². The smallest absolute Gasteiger partial charge is 0.191 e. The quantitative estimate of drug-likeness (QED) is 0.514. The molecule has 2 aromatic rings. The molecular weight excluding hydrogens is 380 g/mol. The van der Waals surface area contributed by atoms with E-state index in [1.54, 1.807) is 0 Å². The Bertz CT molecular complexity index is 735. The molecule has 1 unspecified atom stereocenters. The Morgan fingerprint density at radius 3 is 2.66 bits per heavy atom. The van der Waals surface area contributed by atoms with E-state index in [2.05, 4.69) is 73.9 Å². The minimum absolute atomic E-state index is 0.557. The summed E-state index contributed by atoms with van der Waals surface area (Å²) in [7, 11) is 1.82. The highest BCUT2D eigenvalue weighted by atomic mass is 32.1. The van der Waals surface area contributed by atoms with Gasteiger partial charge in [0, 0.05) is 57.4 Å². The molecule has 3 heterocycles. The number of aliphatic imine (C=N–C) groups is 1. The number of anilines is 1. The van der Waals surface area contributed by atoms with Gasteiger partial charge in [0.25, 0.3) is 0 Å². The van der Waals surface area contributed by atoms with Gasteiger partial charge in [0.05, 0.1) is 0 Å². The lowest BCUT2D eigenvalue weighted by Crippen LogP contribution is -2.46. The number of aromatic nitrogens is 1. The molecule has 0 amide bonds. The number of nitrogens with one attached hydrogen (secondary N) is 2. The van der Waals surface area contributed by atoms with E-state index in [-0.39, 0.29) is 0 Å². The third-order valence-corrected chi connectivity index (χ3v) is 6.28. The molecule has 0 radical (unpaired) electrons. The van der Waals surface area contributed by atoms with Gasteiger partial charge in [0.2, 0.25) is 0 Å². The lowest BCUT2D eigenvalue weighted by atomic mass is 10.1. The SMILES string of the molecule is CCN1CCN(c2ccc(CNC(=NC)NCC(C)Cc3cccs3)cn2)CC1. The molecule has 6 nitrogen and oxygen atoms in total.